The number of pyridine rings is 1. The predicted molar refractivity (Wildman–Crippen MR) is 144 cm³/mol. The number of benzene rings is 1. The Labute approximate surface area is 228 Å². The van der Waals surface area contributed by atoms with Crippen molar-refractivity contribution >= 4 is 34.5 Å². The summed E-state index contributed by atoms with van der Waals surface area (Å²) in [7, 11) is 0. The molecule has 2 N–H and O–H groups in total. The minimum absolute atomic E-state index is 0.000285. The van der Waals surface area contributed by atoms with Gasteiger partial charge in [-0.3, -0.25) is 24.2 Å². The maximum Gasteiger partial charge on any atom is 0.310 e. The molecule has 0 bridgehead atoms. The molecule has 1 aromatic heterocycles. The number of esters is 1. The van der Waals surface area contributed by atoms with Crippen LogP contribution < -0.4 is 10.6 Å². The van der Waals surface area contributed by atoms with Gasteiger partial charge in [-0.25, -0.2) is 0 Å². The molecule has 6 atom stereocenters. The molecule has 3 heterocycles. The van der Waals surface area contributed by atoms with E-state index in [1.807, 2.05) is 65.0 Å². The van der Waals surface area contributed by atoms with E-state index in [9.17, 15) is 19.2 Å². The highest BCUT2D eigenvalue weighted by molar-refractivity contribution is 6.06. The van der Waals surface area contributed by atoms with Gasteiger partial charge in [0.15, 0.2) is 0 Å². The van der Waals surface area contributed by atoms with E-state index in [1.165, 1.54) is 0 Å². The second kappa shape index (κ2) is 11.3. The number of nitrogens with one attached hydrogen (secondary N) is 2. The normalized spacial score (nSPS) is 25.8. The average molecular weight is 539 g/mol. The van der Waals surface area contributed by atoms with Crippen molar-refractivity contribution in [2.45, 2.75) is 84.8 Å². The van der Waals surface area contributed by atoms with Gasteiger partial charge in [0.05, 0.1) is 6.42 Å². The van der Waals surface area contributed by atoms with Crippen molar-refractivity contribution in [1.82, 2.24) is 20.5 Å². The fourth-order valence-electron chi connectivity index (χ4n) is 5.60. The minimum atomic E-state index is -0.915. The van der Waals surface area contributed by atoms with Crippen LogP contribution in [0.25, 0.3) is 10.8 Å². The fraction of sp³-hybridized carbons (Fsp3) is 0.552. The molecule has 39 heavy (non-hydrogen) atoms. The van der Waals surface area contributed by atoms with E-state index in [2.05, 4.69) is 15.6 Å². The molecule has 3 amide bonds. The molecule has 1 aromatic carbocycles. The summed E-state index contributed by atoms with van der Waals surface area (Å²) in [4.78, 5) is 58.9. The third-order valence-corrected chi connectivity index (χ3v) is 7.45. The van der Waals surface area contributed by atoms with Crippen LogP contribution in [0, 0.1) is 11.3 Å². The zero-order valence-corrected chi connectivity index (χ0v) is 23.4. The molecular formula is C29H38N4O6. The van der Waals surface area contributed by atoms with Gasteiger partial charge in [0.2, 0.25) is 18.1 Å². The number of hydrogen-bond donors (Lipinski definition) is 2. The van der Waals surface area contributed by atoms with Crippen LogP contribution >= 0.6 is 0 Å². The molecular weight excluding hydrogens is 500 g/mol. The van der Waals surface area contributed by atoms with Gasteiger partial charge in [0.25, 0.3) is 5.91 Å². The van der Waals surface area contributed by atoms with Crippen LogP contribution in [0.2, 0.25) is 0 Å². The molecule has 2 aliphatic heterocycles. The van der Waals surface area contributed by atoms with E-state index in [0.717, 1.165) is 5.39 Å². The zero-order valence-electron chi connectivity index (χ0n) is 23.4. The first-order chi connectivity index (χ1) is 18.4. The number of hydrogen-bond acceptors (Lipinski definition) is 7. The average Bonchev–Trinajstić information content (AvgIpc) is 3.37. The smallest absolute Gasteiger partial charge is 0.310 e. The molecule has 2 aliphatic rings. The van der Waals surface area contributed by atoms with E-state index >= 15 is 0 Å². The Hall–Kier alpha value is -3.53. The molecule has 0 saturated carbocycles. The Kier molecular flexibility index (Phi) is 8.25. The third-order valence-electron chi connectivity index (χ3n) is 7.45. The lowest BCUT2D eigenvalue weighted by Crippen LogP contribution is -2.60. The van der Waals surface area contributed by atoms with E-state index in [4.69, 9.17) is 9.47 Å². The van der Waals surface area contributed by atoms with Gasteiger partial charge >= 0.3 is 5.97 Å². The maximum absolute atomic E-state index is 14.2. The number of carbonyl (C=O) groups excluding carboxylic acids is 4. The van der Waals surface area contributed by atoms with Crippen molar-refractivity contribution < 1.29 is 28.7 Å². The van der Waals surface area contributed by atoms with Gasteiger partial charge in [-0.15, -0.1) is 0 Å². The van der Waals surface area contributed by atoms with Gasteiger partial charge in [-0.2, -0.15) is 0 Å². The number of ether oxygens (including phenoxy) is 2. The first-order valence-electron chi connectivity index (χ1n) is 13.5. The molecule has 4 rings (SSSR count). The summed E-state index contributed by atoms with van der Waals surface area (Å²) in [5.74, 6) is -1.75. The number of amides is 3. The highest BCUT2D eigenvalue weighted by atomic mass is 16.7. The molecule has 2 fully saturated rings. The van der Waals surface area contributed by atoms with E-state index in [-0.39, 0.29) is 35.9 Å². The van der Waals surface area contributed by atoms with Crippen LogP contribution in [0.15, 0.2) is 36.5 Å². The monoisotopic (exact) mass is 538 g/mol. The Bertz CT molecular complexity index is 1250. The molecule has 10 nitrogen and oxygen atoms in total. The summed E-state index contributed by atoms with van der Waals surface area (Å²) in [5.41, 5.74) is -0.421. The number of aromatic nitrogens is 1. The summed E-state index contributed by atoms with van der Waals surface area (Å²) < 4.78 is 10.7. The Balaban J connectivity index is 1.58. The summed E-state index contributed by atoms with van der Waals surface area (Å²) >= 11 is 0. The van der Waals surface area contributed by atoms with Crippen LogP contribution in [-0.2, 0) is 23.9 Å². The zero-order chi connectivity index (χ0) is 28.5. The molecule has 10 heteroatoms. The van der Waals surface area contributed by atoms with Crippen LogP contribution in [0.4, 0.5) is 0 Å². The Morgan fingerprint density at radius 2 is 1.90 bits per heavy atom. The van der Waals surface area contributed by atoms with Gasteiger partial charge in [-0.05, 0) is 43.1 Å². The second-order valence-corrected chi connectivity index (χ2v) is 11.5. The number of cyclic esters (lactones) is 1. The van der Waals surface area contributed by atoms with Gasteiger partial charge < -0.3 is 25.0 Å². The minimum Gasteiger partial charge on any atom is -0.433 e. The SMILES string of the molecule is CCO[C@H]1OC(=O)CC1NC(=O)C1C(C)CC(C)N1C(=O)C(NC(=O)c1nccc2ccccc12)C(C)(C)C. The molecule has 2 saturated heterocycles. The van der Waals surface area contributed by atoms with Gasteiger partial charge in [-0.1, -0.05) is 52.0 Å². The molecule has 2 aromatic rings. The van der Waals surface area contributed by atoms with Crippen molar-refractivity contribution in [3.63, 3.8) is 0 Å². The maximum atomic E-state index is 14.2. The van der Waals surface area contributed by atoms with Crippen LogP contribution in [0.3, 0.4) is 0 Å². The number of rotatable bonds is 7. The van der Waals surface area contributed by atoms with Crippen LogP contribution in [0.1, 0.15) is 64.9 Å². The Morgan fingerprint density at radius 3 is 2.59 bits per heavy atom. The van der Waals surface area contributed by atoms with Crippen molar-refractivity contribution in [1.29, 1.82) is 0 Å². The molecule has 210 valence electrons. The summed E-state index contributed by atoms with van der Waals surface area (Å²) in [6.45, 7) is 11.6. The molecule has 5 unspecified atom stereocenters. The van der Waals surface area contributed by atoms with Crippen molar-refractivity contribution in [3.8, 4) is 0 Å². The highest BCUT2D eigenvalue weighted by Crippen LogP contribution is 2.33. The lowest BCUT2D eigenvalue weighted by atomic mass is 9.85. The lowest BCUT2D eigenvalue weighted by Gasteiger charge is -2.38. The van der Waals surface area contributed by atoms with Gasteiger partial charge in [0.1, 0.15) is 23.8 Å². The standard InChI is InChI=1S/C29H38N4O6/c1-7-38-28-20(15-21(34)39-28)31-26(36)23-16(2)14-17(3)33(23)27(37)24(29(4,5)6)32-25(35)22-19-11-9-8-10-18(19)12-13-30-22/h8-13,16-17,20,23-24,28H,7,14-15H2,1-6H3,(H,31,36)(H,32,35)/t16?,17?,20?,23?,24?,28-/m0/s1. The van der Waals surface area contributed by atoms with E-state index < -0.39 is 41.7 Å². The lowest BCUT2D eigenvalue weighted by molar-refractivity contribution is -0.164. The van der Waals surface area contributed by atoms with E-state index in [1.54, 1.807) is 18.0 Å². The third kappa shape index (κ3) is 5.90. The quantitative estimate of drug-likeness (QED) is 0.519. The predicted octanol–water partition coefficient (Wildman–Crippen LogP) is 2.80. The van der Waals surface area contributed by atoms with Crippen LogP contribution in [-0.4, -0.2) is 70.6 Å². The van der Waals surface area contributed by atoms with Crippen molar-refractivity contribution in [3.05, 3.63) is 42.2 Å². The van der Waals surface area contributed by atoms with Crippen LogP contribution in [0.5, 0.6) is 0 Å². The van der Waals surface area contributed by atoms with E-state index in [0.29, 0.717) is 18.4 Å². The molecule has 0 radical (unpaired) electrons. The molecule has 0 spiro atoms. The fourth-order valence-corrected chi connectivity index (χ4v) is 5.60. The number of fused-ring (bicyclic) bond motifs is 1. The number of carbonyl (C=O) groups is 4. The number of nitrogens with zero attached hydrogens (tertiary/aromatic N) is 2. The summed E-state index contributed by atoms with van der Waals surface area (Å²) in [6, 6.07) is 6.71. The second-order valence-electron chi connectivity index (χ2n) is 11.5. The summed E-state index contributed by atoms with van der Waals surface area (Å²) in [5, 5.41) is 7.38. The number of likely N-dealkylation sites (tertiary alicyclic amines) is 1. The largest absolute Gasteiger partial charge is 0.433 e. The topological polar surface area (TPSA) is 127 Å². The van der Waals surface area contributed by atoms with Crippen molar-refractivity contribution in [2.24, 2.45) is 11.3 Å². The van der Waals surface area contributed by atoms with Crippen molar-refractivity contribution in [2.75, 3.05) is 6.61 Å². The highest BCUT2D eigenvalue weighted by Gasteiger charge is 2.49. The molecule has 0 aliphatic carbocycles. The van der Waals surface area contributed by atoms with Gasteiger partial charge in [0, 0.05) is 24.2 Å². The first-order valence-corrected chi connectivity index (χ1v) is 13.5. The summed E-state index contributed by atoms with van der Waals surface area (Å²) in [6.07, 6.45) is 1.33. The Morgan fingerprint density at radius 1 is 1.18 bits per heavy atom. The first kappa shape index (κ1) is 28.5.